The van der Waals surface area contributed by atoms with Gasteiger partial charge >= 0.3 is 5.97 Å². The summed E-state index contributed by atoms with van der Waals surface area (Å²) in [5.41, 5.74) is 6.65. The van der Waals surface area contributed by atoms with Gasteiger partial charge in [0.05, 0.1) is 12.1 Å². The lowest BCUT2D eigenvalue weighted by molar-refractivity contribution is -0.143. The predicted octanol–water partition coefficient (Wildman–Crippen LogP) is 8.05. The first-order valence-electron chi connectivity index (χ1n) is 13.4. The van der Waals surface area contributed by atoms with Gasteiger partial charge in [0.15, 0.2) is 0 Å². The van der Waals surface area contributed by atoms with Crippen molar-refractivity contribution < 1.29 is 14.3 Å². The quantitative estimate of drug-likeness (QED) is 0.138. The number of hydrogen-bond acceptors (Lipinski definition) is 3. The van der Waals surface area contributed by atoms with Gasteiger partial charge in [-0.2, -0.15) is 0 Å². The van der Waals surface area contributed by atoms with Crippen LogP contribution in [0.2, 0.25) is 0 Å². The number of unbranched alkanes of at least 4 members (excludes halogenated alkanes) is 2. The van der Waals surface area contributed by atoms with E-state index in [0.29, 0.717) is 18.8 Å². The Labute approximate surface area is 217 Å². The molecule has 0 radical (unpaired) electrons. The lowest BCUT2D eigenvalue weighted by Crippen LogP contribution is -2.31. The van der Waals surface area contributed by atoms with Crippen LogP contribution in [0.3, 0.4) is 0 Å². The summed E-state index contributed by atoms with van der Waals surface area (Å²) < 4.78 is 13.9. The summed E-state index contributed by atoms with van der Waals surface area (Å²) in [7, 11) is 2.13. The molecule has 0 saturated carbocycles. The summed E-state index contributed by atoms with van der Waals surface area (Å²) in [5, 5.41) is 1.20. The van der Waals surface area contributed by atoms with Crippen molar-refractivity contribution in [1.29, 1.82) is 0 Å². The van der Waals surface area contributed by atoms with E-state index in [4.69, 9.17) is 9.47 Å². The number of aryl methyl sites for hydroxylation is 3. The number of ether oxygens (including phenoxy) is 2. The molecule has 1 heterocycles. The molecule has 36 heavy (non-hydrogen) atoms. The van der Waals surface area contributed by atoms with Crippen molar-refractivity contribution in [2.24, 2.45) is 12.5 Å². The van der Waals surface area contributed by atoms with Crippen LogP contribution in [0.4, 0.5) is 0 Å². The molecule has 0 saturated heterocycles. The molecule has 2 aromatic carbocycles. The first-order valence-corrected chi connectivity index (χ1v) is 13.4. The Morgan fingerprint density at radius 1 is 1.03 bits per heavy atom. The number of carbonyl (C=O) groups excluding carboxylic acids is 1. The van der Waals surface area contributed by atoms with E-state index < -0.39 is 0 Å². The minimum Gasteiger partial charge on any atom is -0.493 e. The summed E-state index contributed by atoms with van der Waals surface area (Å²) in [6.07, 6.45) is 6.79. The Balaban J connectivity index is 1.80. The Morgan fingerprint density at radius 3 is 2.47 bits per heavy atom. The standard InChI is InChI=1S/C32H43NO3/c1-8-11-12-13-24-14-17-28(25(9-2)18-24)30-19-26-15-16-27(20-29(26)33(30)7)35-21-32(6,10-3)22-36-31(34)23(4)5/h14-20H,4,8-13,21-22H2,1-3,5-7H3. The van der Waals surface area contributed by atoms with Crippen LogP contribution >= 0.6 is 0 Å². The molecule has 0 aliphatic rings. The molecule has 1 aromatic heterocycles. The van der Waals surface area contributed by atoms with E-state index in [-0.39, 0.29) is 11.4 Å². The van der Waals surface area contributed by atoms with Gasteiger partial charge in [0.25, 0.3) is 0 Å². The smallest absolute Gasteiger partial charge is 0.333 e. The maximum absolute atomic E-state index is 11.8. The third-order valence-corrected chi connectivity index (χ3v) is 7.25. The van der Waals surface area contributed by atoms with Crippen molar-refractivity contribution >= 4 is 16.9 Å². The fourth-order valence-electron chi connectivity index (χ4n) is 4.45. The van der Waals surface area contributed by atoms with E-state index in [1.807, 2.05) is 6.07 Å². The van der Waals surface area contributed by atoms with Crippen LogP contribution in [0.25, 0.3) is 22.2 Å². The Hall–Kier alpha value is -3.01. The van der Waals surface area contributed by atoms with Gasteiger partial charge in [-0.15, -0.1) is 0 Å². The number of esters is 1. The molecule has 194 valence electrons. The van der Waals surface area contributed by atoms with Crippen molar-refractivity contribution in [3.63, 3.8) is 0 Å². The maximum atomic E-state index is 11.8. The van der Waals surface area contributed by atoms with E-state index in [2.05, 4.69) is 82.3 Å². The van der Waals surface area contributed by atoms with Crippen molar-refractivity contribution in [2.75, 3.05) is 13.2 Å². The molecule has 1 atom stereocenters. The summed E-state index contributed by atoms with van der Waals surface area (Å²) >= 11 is 0. The monoisotopic (exact) mass is 489 g/mol. The molecule has 0 aliphatic carbocycles. The number of fused-ring (bicyclic) bond motifs is 1. The summed E-state index contributed by atoms with van der Waals surface area (Å²) in [4.78, 5) is 11.8. The predicted molar refractivity (Wildman–Crippen MR) is 151 cm³/mol. The van der Waals surface area contributed by atoms with E-state index in [0.717, 1.165) is 30.5 Å². The SMILES string of the molecule is C=C(C)C(=O)OCC(C)(CC)COc1ccc2cc(-c3ccc(CCCCC)cc3CC)n(C)c2c1. The lowest BCUT2D eigenvalue weighted by atomic mass is 9.90. The molecule has 0 aliphatic heterocycles. The molecule has 0 fully saturated rings. The largest absolute Gasteiger partial charge is 0.493 e. The van der Waals surface area contributed by atoms with Crippen LogP contribution in [0.15, 0.2) is 54.6 Å². The molecule has 0 N–H and O–H groups in total. The zero-order valence-electron chi connectivity index (χ0n) is 23.1. The van der Waals surface area contributed by atoms with Crippen LogP contribution in [0.5, 0.6) is 5.75 Å². The number of hydrogen-bond donors (Lipinski definition) is 0. The first-order chi connectivity index (χ1) is 17.2. The van der Waals surface area contributed by atoms with Crippen LogP contribution in [-0.4, -0.2) is 23.8 Å². The number of aromatic nitrogens is 1. The second kappa shape index (κ2) is 12.3. The highest BCUT2D eigenvalue weighted by Gasteiger charge is 2.26. The van der Waals surface area contributed by atoms with Crippen LogP contribution in [0.1, 0.15) is 71.4 Å². The average Bonchev–Trinajstić information content (AvgIpc) is 3.21. The van der Waals surface area contributed by atoms with Gasteiger partial charge in [-0.3, -0.25) is 0 Å². The van der Waals surface area contributed by atoms with E-state index in [9.17, 15) is 4.79 Å². The van der Waals surface area contributed by atoms with Crippen molar-refractivity contribution in [3.8, 4) is 17.0 Å². The zero-order valence-corrected chi connectivity index (χ0v) is 23.1. The molecule has 0 spiro atoms. The van der Waals surface area contributed by atoms with E-state index in [1.54, 1.807) is 6.92 Å². The second-order valence-corrected chi connectivity index (χ2v) is 10.4. The normalized spacial score (nSPS) is 12.9. The van der Waals surface area contributed by atoms with Gasteiger partial charge in [0.1, 0.15) is 12.4 Å². The number of carbonyl (C=O) groups is 1. The molecule has 1 unspecified atom stereocenters. The number of benzene rings is 2. The Morgan fingerprint density at radius 2 is 1.81 bits per heavy atom. The molecular formula is C32H43NO3. The number of nitrogens with zero attached hydrogens (tertiary/aromatic N) is 1. The van der Waals surface area contributed by atoms with Crippen molar-refractivity contribution in [2.45, 2.75) is 73.1 Å². The van der Waals surface area contributed by atoms with Crippen molar-refractivity contribution in [3.05, 3.63) is 65.7 Å². The molecule has 4 nitrogen and oxygen atoms in total. The highest BCUT2D eigenvalue weighted by molar-refractivity contribution is 5.88. The average molecular weight is 490 g/mol. The molecule has 3 rings (SSSR count). The fourth-order valence-corrected chi connectivity index (χ4v) is 4.45. The summed E-state index contributed by atoms with van der Waals surface area (Å²) in [5.74, 6) is 0.469. The number of rotatable bonds is 13. The maximum Gasteiger partial charge on any atom is 0.333 e. The summed E-state index contributed by atoms with van der Waals surface area (Å²) in [6, 6.07) is 15.5. The topological polar surface area (TPSA) is 40.5 Å². The first kappa shape index (κ1) is 27.6. The van der Waals surface area contributed by atoms with Gasteiger partial charge in [-0.05, 0) is 61.9 Å². The minimum absolute atomic E-state index is 0.270. The molecule has 3 aromatic rings. The zero-order chi connectivity index (χ0) is 26.3. The van der Waals surface area contributed by atoms with Crippen LogP contribution < -0.4 is 4.74 Å². The van der Waals surface area contributed by atoms with Crippen LogP contribution in [-0.2, 0) is 29.4 Å². The molecule has 0 amide bonds. The van der Waals surface area contributed by atoms with Gasteiger partial charge in [0, 0.05) is 40.7 Å². The van der Waals surface area contributed by atoms with Crippen LogP contribution in [0, 0.1) is 5.41 Å². The van der Waals surface area contributed by atoms with Gasteiger partial charge in [-0.1, -0.05) is 65.3 Å². The Kier molecular flexibility index (Phi) is 9.42. The second-order valence-electron chi connectivity index (χ2n) is 10.4. The van der Waals surface area contributed by atoms with Gasteiger partial charge in [-0.25, -0.2) is 4.79 Å². The lowest BCUT2D eigenvalue weighted by Gasteiger charge is -2.27. The Bertz CT molecular complexity index is 1210. The fraction of sp³-hybridized carbons (Fsp3) is 0.469. The van der Waals surface area contributed by atoms with E-state index in [1.165, 1.54) is 47.0 Å². The summed E-state index contributed by atoms with van der Waals surface area (Å²) in [6.45, 7) is 14.8. The molecular weight excluding hydrogens is 446 g/mol. The van der Waals surface area contributed by atoms with E-state index >= 15 is 0 Å². The third kappa shape index (κ3) is 6.60. The van der Waals surface area contributed by atoms with Crippen molar-refractivity contribution in [1.82, 2.24) is 4.57 Å². The minimum atomic E-state index is -0.354. The highest BCUT2D eigenvalue weighted by Crippen LogP contribution is 2.33. The molecule has 0 bridgehead atoms. The highest BCUT2D eigenvalue weighted by atomic mass is 16.5. The van der Waals surface area contributed by atoms with Gasteiger partial charge < -0.3 is 14.0 Å². The van der Waals surface area contributed by atoms with Gasteiger partial charge in [0.2, 0.25) is 0 Å². The third-order valence-electron chi connectivity index (χ3n) is 7.25. The molecule has 4 heteroatoms.